The number of nitrogens with one attached hydrogen (secondary N) is 1. The Balaban J connectivity index is 1.24. The summed E-state index contributed by atoms with van der Waals surface area (Å²) in [5.41, 5.74) is 6.86. The number of carbonyl (C=O) groups is 1. The van der Waals surface area contributed by atoms with Gasteiger partial charge in [-0.25, -0.2) is 0 Å². The second kappa shape index (κ2) is 7.80. The molecule has 4 bridgehead atoms. The van der Waals surface area contributed by atoms with Crippen LogP contribution >= 0.6 is 0 Å². The van der Waals surface area contributed by atoms with Crippen molar-refractivity contribution in [3.05, 3.63) is 35.9 Å². The van der Waals surface area contributed by atoms with Crippen LogP contribution in [-0.2, 0) is 11.2 Å². The molecule has 1 aromatic rings. The fraction of sp³-hybridized carbons (Fsp3) is 0.704. The van der Waals surface area contributed by atoms with Crippen molar-refractivity contribution in [3.8, 4) is 6.07 Å². The molecule has 7 rings (SSSR count). The lowest BCUT2D eigenvalue weighted by molar-refractivity contribution is -0.180. The third kappa shape index (κ3) is 3.79. The number of amides is 1. The fourth-order valence-corrected chi connectivity index (χ4v) is 8.47. The Morgan fingerprint density at radius 2 is 1.94 bits per heavy atom. The van der Waals surface area contributed by atoms with Crippen LogP contribution in [0.5, 0.6) is 0 Å². The highest BCUT2D eigenvalue weighted by Gasteiger charge is 2.63. The monoisotopic (exact) mass is 448 g/mol. The molecule has 1 amide bonds. The molecule has 7 atom stereocenters. The molecule has 0 aromatic heterocycles. The Morgan fingerprint density at radius 1 is 1.21 bits per heavy atom. The number of nitrogens with zero attached hydrogens (tertiary/aromatic N) is 2. The lowest BCUT2D eigenvalue weighted by Crippen LogP contribution is -2.66. The van der Waals surface area contributed by atoms with Gasteiger partial charge in [0.05, 0.1) is 17.7 Å². The molecule has 4 N–H and O–H groups in total. The van der Waals surface area contributed by atoms with E-state index in [4.69, 9.17) is 5.73 Å². The molecule has 176 valence electrons. The van der Waals surface area contributed by atoms with E-state index in [2.05, 4.69) is 23.5 Å². The van der Waals surface area contributed by atoms with Crippen LogP contribution in [0.3, 0.4) is 0 Å². The number of likely N-dealkylation sites (tertiary alicyclic amines) is 1. The minimum absolute atomic E-state index is 0.0752. The zero-order valence-corrected chi connectivity index (χ0v) is 19.3. The van der Waals surface area contributed by atoms with Crippen molar-refractivity contribution in [1.82, 2.24) is 10.2 Å². The van der Waals surface area contributed by atoms with Gasteiger partial charge in [-0.1, -0.05) is 30.3 Å². The topological polar surface area (TPSA) is 102 Å². The highest BCUT2D eigenvalue weighted by Crippen LogP contribution is 2.63. The highest BCUT2D eigenvalue weighted by molar-refractivity contribution is 5.84. The van der Waals surface area contributed by atoms with Crippen LogP contribution in [0.2, 0.25) is 0 Å². The van der Waals surface area contributed by atoms with Crippen LogP contribution in [-0.4, -0.2) is 52.7 Å². The van der Waals surface area contributed by atoms with E-state index in [1.165, 1.54) is 12.0 Å². The smallest absolute Gasteiger partial charge is 0.241 e. The molecule has 5 saturated carbocycles. The van der Waals surface area contributed by atoms with Gasteiger partial charge < -0.3 is 21.1 Å². The Kier molecular flexibility index (Phi) is 5.10. The first-order chi connectivity index (χ1) is 15.9. The molecule has 6 nitrogen and oxygen atoms in total. The third-order valence-corrected chi connectivity index (χ3v) is 9.42. The van der Waals surface area contributed by atoms with Gasteiger partial charge in [0.25, 0.3) is 0 Å². The van der Waals surface area contributed by atoms with Crippen LogP contribution in [0, 0.1) is 40.4 Å². The number of fused-ring (bicyclic) bond motifs is 1. The first-order valence-electron chi connectivity index (χ1n) is 12.8. The molecule has 1 aliphatic heterocycles. The molecule has 0 spiro atoms. The van der Waals surface area contributed by atoms with Gasteiger partial charge in [0.15, 0.2) is 0 Å². The molecule has 7 unspecified atom stereocenters. The standard InChI is InChI=1S/C27H36N4O2/c28-13-23-22-8-20(22)15-31(23)25(32)24(30-14-21(29)7-17-4-2-1-3-5-17)26-9-18-6-19(10-26)12-27(33,11-18)16-26/h1-5,18-24,30,33H,6-12,14-16,29H2. The number of rotatable bonds is 7. The van der Waals surface area contributed by atoms with E-state index in [-0.39, 0.29) is 29.4 Å². The van der Waals surface area contributed by atoms with Crippen LogP contribution in [0.25, 0.3) is 0 Å². The van der Waals surface area contributed by atoms with E-state index in [0.29, 0.717) is 43.2 Å². The van der Waals surface area contributed by atoms with E-state index >= 15 is 0 Å². The largest absolute Gasteiger partial charge is 0.390 e. The Bertz CT molecular complexity index is 945. The number of benzene rings is 1. The van der Waals surface area contributed by atoms with Gasteiger partial charge in [0.2, 0.25) is 5.91 Å². The third-order valence-electron chi connectivity index (χ3n) is 9.42. The molecule has 1 aromatic carbocycles. The maximum atomic E-state index is 14.1. The minimum Gasteiger partial charge on any atom is -0.390 e. The van der Waals surface area contributed by atoms with Gasteiger partial charge in [0, 0.05) is 19.1 Å². The van der Waals surface area contributed by atoms with Crippen LogP contribution < -0.4 is 11.1 Å². The van der Waals surface area contributed by atoms with Crippen molar-refractivity contribution in [2.45, 2.75) is 75.1 Å². The summed E-state index contributed by atoms with van der Waals surface area (Å²) in [5, 5.41) is 24.8. The molecule has 33 heavy (non-hydrogen) atoms. The second-order valence-corrected chi connectivity index (χ2v) is 12.1. The highest BCUT2D eigenvalue weighted by atomic mass is 16.3. The maximum Gasteiger partial charge on any atom is 0.241 e. The molecular formula is C27H36N4O2. The van der Waals surface area contributed by atoms with Crippen molar-refractivity contribution in [3.63, 3.8) is 0 Å². The van der Waals surface area contributed by atoms with E-state index in [1.54, 1.807) is 0 Å². The van der Waals surface area contributed by atoms with Crippen LogP contribution in [0.4, 0.5) is 0 Å². The van der Waals surface area contributed by atoms with Crippen molar-refractivity contribution in [2.75, 3.05) is 13.1 Å². The van der Waals surface area contributed by atoms with E-state index in [1.807, 2.05) is 23.1 Å². The van der Waals surface area contributed by atoms with Crippen molar-refractivity contribution in [2.24, 2.45) is 34.8 Å². The predicted octanol–water partition coefficient (Wildman–Crippen LogP) is 2.22. The van der Waals surface area contributed by atoms with Gasteiger partial charge in [-0.05, 0) is 86.0 Å². The molecule has 6 aliphatic rings. The van der Waals surface area contributed by atoms with Crippen molar-refractivity contribution < 1.29 is 9.90 Å². The number of nitrogens with two attached hydrogens (primary N) is 1. The summed E-state index contributed by atoms with van der Waals surface area (Å²) in [7, 11) is 0. The lowest BCUT2D eigenvalue weighted by atomic mass is 9.46. The first-order valence-corrected chi connectivity index (χ1v) is 12.8. The Labute approximate surface area is 196 Å². The SMILES string of the molecule is N#CC1C2CC2CN1C(=O)C(NCC(N)Cc1ccccc1)C12CC3CC(CC(O)(C3)C1)C2. The number of nitriles is 1. The fourth-order valence-electron chi connectivity index (χ4n) is 8.47. The number of hydrogen-bond donors (Lipinski definition) is 3. The Hall–Kier alpha value is -1.94. The first kappa shape index (κ1) is 21.6. The molecule has 5 aliphatic carbocycles. The molecule has 1 saturated heterocycles. The summed E-state index contributed by atoms with van der Waals surface area (Å²) in [6.45, 7) is 1.27. The average molecular weight is 449 g/mol. The summed E-state index contributed by atoms with van der Waals surface area (Å²) in [5.74, 6) is 1.95. The summed E-state index contributed by atoms with van der Waals surface area (Å²) >= 11 is 0. The number of aliphatic hydroxyl groups is 1. The van der Waals surface area contributed by atoms with Gasteiger partial charge in [-0.2, -0.15) is 5.26 Å². The van der Waals surface area contributed by atoms with Gasteiger partial charge in [-0.15, -0.1) is 0 Å². The van der Waals surface area contributed by atoms with E-state index in [9.17, 15) is 15.2 Å². The van der Waals surface area contributed by atoms with Gasteiger partial charge >= 0.3 is 0 Å². The molecular weight excluding hydrogens is 412 g/mol. The zero-order chi connectivity index (χ0) is 22.8. The second-order valence-electron chi connectivity index (χ2n) is 12.1. The van der Waals surface area contributed by atoms with Gasteiger partial charge in [-0.3, -0.25) is 4.79 Å². The summed E-state index contributed by atoms with van der Waals surface area (Å²) in [4.78, 5) is 15.9. The predicted molar refractivity (Wildman–Crippen MR) is 125 cm³/mol. The van der Waals surface area contributed by atoms with Crippen LogP contribution in [0.15, 0.2) is 30.3 Å². The van der Waals surface area contributed by atoms with Crippen molar-refractivity contribution >= 4 is 5.91 Å². The summed E-state index contributed by atoms with van der Waals surface area (Å²) < 4.78 is 0. The maximum absolute atomic E-state index is 14.1. The Morgan fingerprint density at radius 3 is 2.61 bits per heavy atom. The molecule has 0 radical (unpaired) electrons. The number of carbonyl (C=O) groups excluding carboxylic acids is 1. The van der Waals surface area contributed by atoms with Crippen molar-refractivity contribution in [1.29, 1.82) is 5.26 Å². The molecule has 6 heteroatoms. The van der Waals surface area contributed by atoms with E-state index < -0.39 is 5.60 Å². The lowest BCUT2D eigenvalue weighted by Gasteiger charge is -2.62. The summed E-state index contributed by atoms with van der Waals surface area (Å²) in [6, 6.07) is 11.9. The quantitative estimate of drug-likeness (QED) is 0.594. The number of piperidine rings is 1. The number of hydrogen-bond acceptors (Lipinski definition) is 5. The zero-order valence-electron chi connectivity index (χ0n) is 19.3. The van der Waals surface area contributed by atoms with E-state index in [0.717, 1.165) is 38.5 Å². The molecule has 1 heterocycles. The minimum atomic E-state index is -0.627. The summed E-state index contributed by atoms with van der Waals surface area (Å²) in [6.07, 6.45) is 7.49. The van der Waals surface area contributed by atoms with Crippen LogP contribution in [0.1, 0.15) is 50.5 Å². The van der Waals surface area contributed by atoms with Gasteiger partial charge in [0.1, 0.15) is 6.04 Å². The normalized spacial score (nSPS) is 42.0. The average Bonchev–Trinajstić information content (AvgIpc) is 3.42. The molecule has 6 fully saturated rings.